The third kappa shape index (κ3) is 5.03. The minimum Gasteiger partial charge on any atom is -0.330 e. The molecule has 1 aromatic heterocycles. The number of nitrogens with one attached hydrogen (secondary N) is 1. The second-order valence-corrected chi connectivity index (χ2v) is 7.22. The van der Waals surface area contributed by atoms with Gasteiger partial charge in [0.05, 0.1) is 5.01 Å². The molecule has 132 valence electrons. The monoisotopic (exact) mass is 367 g/mol. The van der Waals surface area contributed by atoms with Crippen molar-refractivity contribution < 1.29 is 4.79 Å². The molecule has 0 unspecified atom stereocenters. The van der Waals surface area contributed by atoms with Gasteiger partial charge in [0.1, 0.15) is 5.69 Å². The van der Waals surface area contributed by atoms with Crippen molar-refractivity contribution in [3.05, 3.63) is 45.4 Å². The molecule has 0 radical (unpaired) electrons. The SMILES string of the molecule is CC(C)c1ccc(NC(=O)c2csc(CCN)n2)c(C(C)C)c1.Cl. The summed E-state index contributed by atoms with van der Waals surface area (Å²) in [6, 6.07) is 6.26. The molecule has 0 spiro atoms. The number of halogens is 1. The average Bonchev–Trinajstić information content (AvgIpc) is 2.96. The van der Waals surface area contributed by atoms with E-state index in [2.05, 4.69) is 50.1 Å². The van der Waals surface area contributed by atoms with Crippen LogP contribution in [0.2, 0.25) is 0 Å². The van der Waals surface area contributed by atoms with Crippen LogP contribution in [0.25, 0.3) is 0 Å². The molecule has 0 aliphatic carbocycles. The van der Waals surface area contributed by atoms with Gasteiger partial charge in [0, 0.05) is 17.5 Å². The summed E-state index contributed by atoms with van der Waals surface area (Å²) in [6.45, 7) is 9.16. The third-order valence-corrected chi connectivity index (χ3v) is 4.66. The van der Waals surface area contributed by atoms with Crippen LogP contribution in [0.15, 0.2) is 23.6 Å². The van der Waals surface area contributed by atoms with Gasteiger partial charge in [-0.25, -0.2) is 4.98 Å². The van der Waals surface area contributed by atoms with Crippen molar-refractivity contribution in [3.63, 3.8) is 0 Å². The molecule has 1 aromatic carbocycles. The van der Waals surface area contributed by atoms with Crippen LogP contribution in [0, 0.1) is 0 Å². The van der Waals surface area contributed by atoms with Crippen molar-refractivity contribution in [3.8, 4) is 0 Å². The number of thiazole rings is 1. The van der Waals surface area contributed by atoms with Crippen molar-refractivity contribution in [1.82, 2.24) is 4.98 Å². The molecule has 0 atom stereocenters. The number of carbonyl (C=O) groups excluding carboxylic acids is 1. The lowest BCUT2D eigenvalue weighted by molar-refractivity contribution is 0.102. The van der Waals surface area contributed by atoms with Gasteiger partial charge in [-0.1, -0.05) is 39.8 Å². The molecule has 24 heavy (non-hydrogen) atoms. The Bertz CT molecular complexity index is 683. The quantitative estimate of drug-likeness (QED) is 0.786. The van der Waals surface area contributed by atoms with Crippen LogP contribution in [0.4, 0.5) is 5.69 Å². The second-order valence-electron chi connectivity index (χ2n) is 6.28. The van der Waals surface area contributed by atoms with E-state index in [1.807, 2.05) is 6.07 Å². The van der Waals surface area contributed by atoms with Crippen LogP contribution in [-0.2, 0) is 6.42 Å². The zero-order valence-corrected chi connectivity index (χ0v) is 16.3. The third-order valence-electron chi connectivity index (χ3n) is 3.76. The van der Waals surface area contributed by atoms with Crippen LogP contribution in [0.5, 0.6) is 0 Å². The summed E-state index contributed by atoms with van der Waals surface area (Å²) in [5, 5.41) is 5.69. The van der Waals surface area contributed by atoms with Gasteiger partial charge in [-0.2, -0.15) is 0 Å². The fraction of sp³-hybridized carbons (Fsp3) is 0.444. The number of hydrogen-bond acceptors (Lipinski definition) is 4. The van der Waals surface area contributed by atoms with E-state index in [9.17, 15) is 4.79 Å². The first-order chi connectivity index (χ1) is 10.9. The van der Waals surface area contributed by atoms with E-state index in [0.717, 1.165) is 16.3 Å². The summed E-state index contributed by atoms with van der Waals surface area (Å²) in [5.74, 6) is 0.644. The maximum atomic E-state index is 12.4. The van der Waals surface area contributed by atoms with Gasteiger partial charge in [0.2, 0.25) is 0 Å². The summed E-state index contributed by atoms with van der Waals surface area (Å²) < 4.78 is 0. The Kier molecular flexibility index (Phi) is 7.87. The predicted molar refractivity (Wildman–Crippen MR) is 105 cm³/mol. The molecule has 0 bridgehead atoms. The maximum Gasteiger partial charge on any atom is 0.275 e. The normalized spacial score (nSPS) is 10.8. The molecule has 0 aliphatic rings. The Morgan fingerprint density at radius 3 is 2.54 bits per heavy atom. The number of anilines is 1. The van der Waals surface area contributed by atoms with Crippen molar-refractivity contribution in [2.45, 2.75) is 46.0 Å². The van der Waals surface area contributed by atoms with Gasteiger partial charge >= 0.3 is 0 Å². The molecule has 6 heteroatoms. The number of nitrogens with zero attached hydrogens (tertiary/aromatic N) is 1. The van der Waals surface area contributed by atoms with Gasteiger partial charge in [-0.15, -0.1) is 23.7 Å². The first-order valence-electron chi connectivity index (χ1n) is 8.02. The molecule has 1 amide bonds. The standard InChI is InChI=1S/C18H25N3OS.ClH/c1-11(2)13-5-6-15(14(9-13)12(3)4)21-18(22)16-10-23-17(20-16)7-8-19;/h5-6,9-12H,7-8,19H2,1-4H3,(H,21,22);1H. The van der Waals surface area contributed by atoms with Crippen LogP contribution >= 0.6 is 23.7 Å². The summed E-state index contributed by atoms with van der Waals surface area (Å²) in [6.07, 6.45) is 0.707. The Labute approximate surface area is 154 Å². The van der Waals surface area contributed by atoms with E-state index < -0.39 is 0 Å². The zero-order chi connectivity index (χ0) is 17.0. The van der Waals surface area contributed by atoms with E-state index in [-0.39, 0.29) is 18.3 Å². The van der Waals surface area contributed by atoms with E-state index in [1.54, 1.807) is 5.38 Å². The van der Waals surface area contributed by atoms with E-state index in [1.165, 1.54) is 16.9 Å². The molecule has 0 fully saturated rings. The molecule has 2 rings (SSSR count). The molecule has 4 nitrogen and oxygen atoms in total. The van der Waals surface area contributed by atoms with E-state index in [4.69, 9.17) is 5.73 Å². The number of carbonyl (C=O) groups is 1. The molecule has 3 N–H and O–H groups in total. The Balaban J connectivity index is 0.00000288. The predicted octanol–water partition coefficient (Wildman–Crippen LogP) is 4.57. The minimum atomic E-state index is -0.163. The summed E-state index contributed by atoms with van der Waals surface area (Å²) in [4.78, 5) is 16.8. The number of hydrogen-bond donors (Lipinski definition) is 2. The summed E-state index contributed by atoms with van der Waals surface area (Å²) >= 11 is 1.48. The van der Waals surface area contributed by atoms with Crippen molar-refractivity contribution in [1.29, 1.82) is 0 Å². The number of aromatic nitrogens is 1. The highest BCUT2D eigenvalue weighted by Crippen LogP contribution is 2.28. The van der Waals surface area contributed by atoms with Gasteiger partial charge in [0.15, 0.2) is 0 Å². The lowest BCUT2D eigenvalue weighted by Crippen LogP contribution is -2.14. The number of nitrogens with two attached hydrogens (primary N) is 1. The highest BCUT2D eigenvalue weighted by Gasteiger charge is 2.15. The molecular weight excluding hydrogens is 342 g/mol. The lowest BCUT2D eigenvalue weighted by Gasteiger charge is -2.16. The van der Waals surface area contributed by atoms with Crippen molar-refractivity contribution in [2.75, 3.05) is 11.9 Å². The second kappa shape index (κ2) is 9.16. The van der Waals surface area contributed by atoms with Crippen LogP contribution in [0.3, 0.4) is 0 Å². The van der Waals surface area contributed by atoms with E-state index >= 15 is 0 Å². The molecular formula is C18H26ClN3OS. The maximum absolute atomic E-state index is 12.4. The fourth-order valence-corrected chi connectivity index (χ4v) is 3.17. The van der Waals surface area contributed by atoms with Gasteiger partial charge in [0.25, 0.3) is 5.91 Å². The van der Waals surface area contributed by atoms with Crippen LogP contribution < -0.4 is 11.1 Å². The highest BCUT2D eigenvalue weighted by atomic mass is 35.5. The number of benzene rings is 1. The Morgan fingerprint density at radius 2 is 1.96 bits per heavy atom. The molecule has 1 heterocycles. The molecule has 0 saturated carbocycles. The molecule has 0 saturated heterocycles. The highest BCUT2D eigenvalue weighted by molar-refractivity contribution is 7.09. The van der Waals surface area contributed by atoms with Gasteiger partial charge < -0.3 is 11.1 Å². The van der Waals surface area contributed by atoms with Gasteiger partial charge in [-0.3, -0.25) is 4.79 Å². The summed E-state index contributed by atoms with van der Waals surface area (Å²) in [5.41, 5.74) is 9.29. The largest absolute Gasteiger partial charge is 0.330 e. The summed E-state index contributed by atoms with van der Waals surface area (Å²) in [7, 11) is 0. The Hall–Kier alpha value is -1.43. The Morgan fingerprint density at radius 1 is 1.25 bits per heavy atom. The fourth-order valence-electron chi connectivity index (χ4n) is 2.37. The smallest absolute Gasteiger partial charge is 0.275 e. The molecule has 2 aromatic rings. The zero-order valence-electron chi connectivity index (χ0n) is 14.6. The first-order valence-corrected chi connectivity index (χ1v) is 8.90. The van der Waals surface area contributed by atoms with E-state index in [0.29, 0.717) is 30.5 Å². The topological polar surface area (TPSA) is 68.0 Å². The lowest BCUT2D eigenvalue weighted by atomic mass is 9.94. The van der Waals surface area contributed by atoms with Crippen LogP contribution in [-0.4, -0.2) is 17.4 Å². The first kappa shape index (κ1) is 20.6. The molecule has 0 aliphatic heterocycles. The van der Waals surface area contributed by atoms with Crippen molar-refractivity contribution in [2.24, 2.45) is 5.73 Å². The number of rotatable bonds is 6. The van der Waals surface area contributed by atoms with Gasteiger partial charge in [-0.05, 0) is 35.6 Å². The number of amides is 1. The minimum absolute atomic E-state index is 0. The average molecular weight is 368 g/mol. The van der Waals surface area contributed by atoms with Crippen LogP contribution in [0.1, 0.15) is 66.2 Å². The van der Waals surface area contributed by atoms with Crippen molar-refractivity contribution >= 4 is 35.3 Å².